The normalized spacial score (nSPS) is 27.2. The van der Waals surface area contributed by atoms with Crippen LogP contribution in [0.4, 0.5) is 0 Å². The second kappa shape index (κ2) is 9.21. The van der Waals surface area contributed by atoms with E-state index in [1.165, 1.54) is 11.1 Å². The van der Waals surface area contributed by atoms with Crippen molar-refractivity contribution in [1.82, 2.24) is 0 Å². The average Bonchev–Trinajstić information content (AvgIpc) is 3.27. The van der Waals surface area contributed by atoms with Crippen LogP contribution in [0.15, 0.2) is 24.3 Å². The van der Waals surface area contributed by atoms with Gasteiger partial charge in [0.25, 0.3) is 0 Å². The second-order valence-electron chi connectivity index (χ2n) is 10.6. The lowest BCUT2D eigenvalue weighted by molar-refractivity contribution is 0.0786. The van der Waals surface area contributed by atoms with Gasteiger partial charge in [-0.3, -0.25) is 0 Å². The van der Waals surface area contributed by atoms with Crippen LogP contribution in [-0.4, -0.2) is 38.8 Å². The summed E-state index contributed by atoms with van der Waals surface area (Å²) in [5, 5.41) is 10.1. The maximum absolute atomic E-state index is 9.87. The first-order valence-electron chi connectivity index (χ1n) is 11.6. The molecular weight excluding hydrogens is 376 g/mol. The van der Waals surface area contributed by atoms with Gasteiger partial charge in [0, 0.05) is 19.1 Å². The van der Waals surface area contributed by atoms with Crippen molar-refractivity contribution < 1.29 is 14.3 Å². The van der Waals surface area contributed by atoms with E-state index in [0.717, 1.165) is 38.7 Å². The Morgan fingerprint density at radius 3 is 2.34 bits per heavy atom. The maximum atomic E-state index is 9.87. The molecule has 1 aromatic carbocycles. The lowest BCUT2D eigenvalue weighted by Crippen LogP contribution is -2.45. The molecule has 4 heteroatoms. The van der Waals surface area contributed by atoms with Gasteiger partial charge in [0.15, 0.2) is 8.32 Å². The summed E-state index contributed by atoms with van der Waals surface area (Å²) >= 11 is 0. The molecule has 0 radical (unpaired) electrons. The quantitative estimate of drug-likeness (QED) is 0.397. The summed E-state index contributed by atoms with van der Waals surface area (Å²) in [4.78, 5) is 0. The Morgan fingerprint density at radius 2 is 1.72 bits per heavy atom. The third kappa shape index (κ3) is 4.81. The summed E-state index contributed by atoms with van der Waals surface area (Å²) in [6.07, 6.45) is 6.08. The van der Waals surface area contributed by atoms with Crippen molar-refractivity contribution in [1.29, 1.82) is 0 Å². The molecule has 0 amide bonds. The van der Waals surface area contributed by atoms with Gasteiger partial charge in [0.05, 0.1) is 12.2 Å². The fraction of sp³-hybridized carbons (Fsp3) is 0.760. The van der Waals surface area contributed by atoms with Gasteiger partial charge in [0.2, 0.25) is 0 Å². The molecule has 2 aliphatic rings. The van der Waals surface area contributed by atoms with Crippen molar-refractivity contribution in [2.75, 3.05) is 13.2 Å². The first kappa shape index (κ1) is 23.0. The molecule has 2 aliphatic heterocycles. The highest BCUT2D eigenvalue weighted by Gasteiger charge is 2.48. The maximum Gasteiger partial charge on any atom is 0.192 e. The predicted molar refractivity (Wildman–Crippen MR) is 123 cm³/mol. The largest absolute Gasteiger partial charge is 0.417 e. The molecule has 4 atom stereocenters. The van der Waals surface area contributed by atoms with Crippen molar-refractivity contribution in [3.8, 4) is 0 Å². The van der Waals surface area contributed by atoms with Crippen molar-refractivity contribution in [2.24, 2.45) is 17.8 Å². The van der Waals surface area contributed by atoms with Gasteiger partial charge in [-0.05, 0) is 73.2 Å². The smallest absolute Gasteiger partial charge is 0.192 e. The van der Waals surface area contributed by atoms with Gasteiger partial charge in [-0.25, -0.2) is 0 Å². The molecule has 2 saturated heterocycles. The number of aryl methyl sites for hydroxylation is 1. The fourth-order valence-corrected chi connectivity index (χ4v) is 7.55. The molecule has 0 unspecified atom stereocenters. The van der Waals surface area contributed by atoms with Crippen LogP contribution in [0.1, 0.15) is 58.1 Å². The highest BCUT2D eigenvalue weighted by atomic mass is 28.4. The van der Waals surface area contributed by atoms with Crippen LogP contribution < -0.4 is 0 Å². The Hall–Kier alpha value is -0.683. The number of rotatable bonds is 10. The Labute approximate surface area is 179 Å². The topological polar surface area (TPSA) is 38.7 Å². The van der Waals surface area contributed by atoms with E-state index in [1.807, 2.05) is 0 Å². The van der Waals surface area contributed by atoms with Gasteiger partial charge in [-0.1, -0.05) is 52.0 Å². The lowest BCUT2D eigenvalue weighted by Gasteiger charge is -2.42. The molecule has 0 aromatic heterocycles. The van der Waals surface area contributed by atoms with E-state index in [2.05, 4.69) is 65.1 Å². The zero-order valence-corrected chi connectivity index (χ0v) is 20.4. The SMILES string of the molecule is CC(C)C(C)(C)[Si](C)(C)OCCCc1ccccc1C[C@@H]1[C@H](CO)[C@H]2CC[C@@H]1O2. The third-order valence-corrected chi connectivity index (χ3v) is 13.0. The molecule has 0 saturated carbocycles. The van der Waals surface area contributed by atoms with Crippen molar-refractivity contribution in [2.45, 2.75) is 90.1 Å². The monoisotopic (exact) mass is 418 g/mol. The van der Waals surface area contributed by atoms with E-state index in [4.69, 9.17) is 9.16 Å². The van der Waals surface area contributed by atoms with E-state index < -0.39 is 8.32 Å². The van der Waals surface area contributed by atoms with Crippen LogP contribution in [0, 0.1) is 17.8 Å². The molecule has 0 spiro atoms. The van der Waals surface area contributed by atoms with Crippen LogP contribution in [-0.2, 0) is 22.0 Å². The number of hydrogen-bond acceptors (Lipinski definition) is 3. The van der Waals surface area contributed by atoms with Crippen LogP contribution in [0.2, 0.25) is 18.1 Å². The van der Waals surface area contributed by atoms with Gasteiger partial charge in [-0.15, -0.1) is 0 Å². The van der Waals surface area contributed by atoms with Gasteiger partial charge >= 0.3 is 0 Å². The van der Waals surface area contributed by atoms with Gasteiger partial charge in [-0.2, -0.15) is 0 Å². The van der Waals surface area contributed by atoms with Crippen molar-refractivity contribution in [3.63, 3.8) is 0 Å². The standard InChI is InChI=1S/C25H42O3Si/c1-18(2)25(3,4)29(5,6)27-15-9-12-19-10-7-8-11-20(19)16-21-22(17-26)24-14-13-23(21)28-24/h7-8,10-11,18,21-24,26H,9,12-17H2,1-6H3/t21-,22+,23+,24-/m1/s1. The minimum Gasteiger partial charge on any atom is -0.417 e. The molecular formula is C25H42O3Si. The minimum absolute atomic E-state index is 0.257. The second-order valence-corrected chi connectivity index (χ2v) is 15.2. The molecule has 0 aliphatic carbocycles. The average molecular weight is 419 g/mol. The summed E-state index contributed by atoms with van der Waals surface area (Å²) in [7, 11) is -1.74. The molecule has 29 heavy (non-hydrogen) atoms. The Kier molecular flexibility index (Phi) is 7.30. The Bertz CT molecular complexity index is 670. The molecule has 1 N–H and O–H groups in total. The van der Waals surface area contributed by atoms with E-state index >= 15 is 0 Å². The highest BCUT2D eigenvalue weighted by Crippen LogP contribution is 2.45. The van der Waals surface area contributed by atoms with Gasteiger partial charge < -0.3 is 14.3 Å². The lowest BCUT2D eigenvalue weighted by atomic mass is 9.76. The van der Waals surface area contributed by atoms with Crippen LogP contribution >= 0.6 is 0 Å². The zero-order valence-electron chi connectivity index (χ0n) is 19.4. The van der Waals surface area contributed by atoms with E-state index in [0.29, 0.717) is 23.9 Å². The number of benzene rings is 1. The summed E-state index contributed by atoms with van der Waals surface area (Å²) in [6.45, 7) is 15.2. The number of aliphatic hydroxyl groups is 1. The molecule has 3 nitrogen and oxygen atoms in total. The first-order chi connectivity index (χ1) is 13.7. The van der Waals surface area contributed by atoms with E-state index in [1.54, 1.807) is 0 Å². The summed E-state index contributed by atoms with van der Waals surface area (Å²) in [5.74, 6) is 1.41. The Morgan fingerprint density at radius 1 is 1.10 bits per heavy atom. The van der Waals surface area contributed by atoms with Crippen molar-refractivity contribution >= 4 is 8.32 Å². The van der Waals surface area contributed by atoms with Crippen LogP contribution in [0.25, 0.3) is 0 Å². The molecule has 2 bridgehead atoms. The first-order valence-corrected chi connectivity index (χ1v) is 14.5. The predicted octanol–water partition coefficient (Wildman–Crippen LogP) is 5.61. The zero-order chi connectivity index (χ0) is 21.2. The fourth-order valence-electron chi connectivity index (χ4n) is 5.13. The van der Waals surface area contributed by atoms with Crippen molar-refractivity contribution in [3.05, 3.63) is 35.4 Å². The molecule has 1 aromatic rings. The Balaban J connectivity index is 1.56. The summed E-state index contributed by atoms with van der Waals surface area (Å²) in [5.41, 5.74) is 2.88. The molecule has 2 fully saturated rings. The van der Waals surface area contributed by atoms with Crippen LogP contribution in [0.5, 0.6) is 0 Å². The summed E-state index contributed by atoms with van der Waals surface area (Å²) in [6, 6.07) is 8.86. The summed E-state index contributed by atoms with van der Waals surface area (Å²) < 4.78 is 12.6. The number of aliphatic hydroxyl groups excluding tert-OH is 1. The number of fused-ring (bicyclic) bond motifs is 2. The highest BCUT2D eigenvalue weighted by molar-refractivity contribution is 6.74. The van der Waals surface area contributed by atoms with Gasteiger partial charge in [0.1, 0.15) is 0 Å². The van der Waals surface area contributed by atoms with Crippen LogP contribution in [0.3, 0.4) is 0 Å². The van der Waals surface area contributed by atoms with E-state index in [-0.39, 0.29) is 17.7 Å². The minimum atomic E-state index is -1.74. The molecule has 3 rings (SSSR count). The van der Waals surface area contributed by atoms with E-state index in [9.17, 15) is 5.11 Å². The number of ether oxygens (including phenoxy) is 1. The molecule has 164 valence electrons. The number of hydrogen-bond donors (Lipinski definition) is 1. The third-order valence-electron chi connectivity index (χ3n) is 8.42. The molecule has 2 heterocycles.